The number of thiocarbonyl (C=S) groups is 1. The lowest BCUT2D eigenvalue weighted by Crippen LogP contribution is -2.26. The van der Waals surface area contributed by atoms with E-state index >= 15 is 0 Å². The Morgan fingerprint density at radius 1 is 1.53 bits per heavy atom. The molecule has 102 valence electrons. The van der Waals surface area contributed by atoms with Crippen LogP contribution < -0.4 is 10.6 Å². The number of aryl methyl sites for hydroxylation is 1. The van der Waals surface area contributed by atoms with Crippen molar-refractivity contribution in [3.63, 3.8) is 0 Å². The van der Waals surface area contributed by atoms with Crippen molar-refractivity contribution in [3.8, 4) is 0 Å². The van der Waals surface area contributed by atoms with Crippen LogP contribution in [0.1, 0.15) is 17.5 Å². The van der Waals surface area contributed by atoms with Gasteiger partial charge in [-0.25, -0.2) is 0 Å². The summed E-state index contributed by atoms with van der Waals surface area (Å²) >= 11 is 5.11. The summed E-state index contributed by atoms with van der Waals surface area (Å²) in [5, 5.41) is 0. The molecule has 2 N–H and O–H groups in total. The molecule has 5 heteroatoms. The maximum Gasteiger partial charge on any atom is 0.310 e. The molecule has 1 aromatic carbocycles. The lowest BCUT2D eigenvalue weighted by molar-refractivity contribution is -0.144. The van der Waals surface area contributed by atoms with Gasteiger partial charge in [0.25, 0.3) is 0 Å². The van der Waals surface area contributed by atoms with E-state index in [1.807, 2.05) is 25.1 Å². The number of nitrogens with zero attached hydrogens (tertiary/aromatic N) is 1. The Balaban J connectivity index is 2.24. The van der Waals surface area contributed by atoms with Gasteiger partial charge in [0.15, 0.2) is 0 Å². The molecule has 1 fully saturated rings. The molecule has 0 bridgehead atoms. The molecule has 0 aromatic heterocycles. The molecule has 1 heterocycles. The Kier molecular flexibility index (Phi) is 4.04. The Bertz CT molecular complexity index is 516. The van der Waals surface area contributed by atoms with E-state index in [4.69, 9.17) is 22.7 Å². The zero-order valence-corrected chi connectivity index (χ0v) is 12.0. The van der Waals surface area contributed by atoms with Gasteiger partial charge in [0.2, 0.25) is 0 Å². The van der Waals surface area contributed by atoms with Crippen LogP contribution in [0.15, 0.2) is 18.2 Å². The Morgan fingerprint density at radius 3 is 2.89 bits per heavy atom. The van der Waals surface area contributed by atoms with Crippen molar-refractivity contribution in [2.24, 2.45) is 11.7 Å². The highest BCUT2D eigenvalue weighted by Gasteiger charge is 2.30. The van der Waals surface area contributed by atoms with Gasteiger partial charge in [-0.15, -0.1) is 0 Å². The van der Waals surface area contributed by atoms with Gasteiger partial charge in [0.1, 0.15) is 4.99 Å². The fourth-order valence-corrected chi connectivity index (χ4v) is 2.62. The summed E-state index contributed by atoms with van der Waals surface area (Å²) in [5.41, 5.74) is 8.79. The van der Waals surface area contributed by atoms with Crippen LogP contribution in [0.2, 0.25) is 0 Å². The highest BCUT2D eigenvalue weighted by atomic mass is 32.1. The number of nitrogens with two attached hydrogens (primary N) is 1. The summed E-state index contributed by atoms with van der Waals surface area (Å²) in [7, 11) is 1.43. The minimum absolute atomic E-state index is 0.0644. The molecule has 1 aromatic rings. The van der Waals surface area contributed by atoms with E-state index < -0.39 is 0 Å². The van der Waals surface area contributed by atoms with E-state index in [9.17, 15) is 4.79 Å². The van der Waals surface area contributed by atoms with E-state index in [0.717, 1.165) is 29.8 Å². The zero-order valence-electron chi connectivity index (χ0n) is 11.2. The molecule has 0 saturated carbocycles. The van der Waals surface area contributed by atoms with Gasteiger partial charge in [0, 0.05) is 24.3 Å². The summed E-state index contributed by atoms with van der Waals surface area (Å²) in [5.74, 6) is -0.211. The average Bonchev–Trinajstić information content (AvgIpc) is 2.87. The number of ether oxygens (including phenoxy) is 1. The quantitative estimate of drug-likeness (QED) is 0.673. The van der Waals surface area contributed by atoms with E-state index in [0.29, 0.717) is 11.5 Å². The smallest absolute Gasteiger partial charge is 0.310 e. The van der Waals surface area contributed by atoms with E-state index in [1.165, 1.54) is 7.11 Å². The second-order valence-corrected chi connectivity index (χ2v) is 5.28. The Labute approximate surface area is 118 Å². The van der Waals surface area contributed by atoms with Gasteiger partial charge in [-0.2, -0.15) is 0 Å². The highest BCUT2D eigenvalue weighted by molar-refractivity contribution is 7.80. The molecule has 4 nitrogen and oxygen atoms in total. The van der Waals surface area contributed by atoms with Gasteiger partial charge in [-0.3, -0.25) is 4.79 Å². The molecule has 1 unspecified atom stereocenters. The van der Waals surface area contributed by atoms with E-state index in [1.54, 1.807) is 0 Å². The number of carbonyl (C=O) groups excluding carboxylic acids is 1. The second kappa shape index (κ2) is 5.57. The topological polar surface area (TPSA) is 55.6 Å². The molecule has 1 atom stereocenters. The largest absolute Gasteiger partial charge is 0.469 e. The third kappa shape index (κ3) is 2.87. The monoisotopic (exact) mass is 278 g/mol. The van der Waals surface area contributed by atoms with Crippen LogP contribution >= 0.6 is 12.2 Å². The minimum Gasteiger partial charge on any atom is -0.469 e. The molecule has 19 heavy (non-hydrogen) atoms. The Hall–Kier alpha value is -1.62. The maximum atomic E-state index is 11.6. The highest BCUT2D eigenvalue weighted by Crippen LogP contribution is 2.28. The zero-order chi connectivity index (χ0) is 14.0. The number of esters is 1. The third-order valence-electron chi connectivity index (χ3n) is 3.48. The molecule has 1 saturated heterocycles. The summed E-state index contributed by atoms with van der Waals surface area (Å²) in [6, 6.07) is 6.04. The predicted octanol–water partition coefficient (Wildman–Crippen LogP) is 1.63. The SMILES string of the molecule is COC(=O)C1CCN(c2ccc(C)cc2C(N)=S)C1. The Morgan fingerprint density at radius 2 is 2.26 bits per heavy atom. The van der Waals surface area contributed by atoms with E-state index in [-0.39, 0.29) is 11.9 Å². The standard InChI is InChI=1S/C14H18N2O2S/c1-9-3-4-12(11(7-9)13(15)19)16-6-5-10(8-16)14(17)18-2/h3-4,7,10H,5-6,8H2,1-2H3,(H2,15,19). The number of methoxy groups -OCH3 is 1. The van der Waals surface area contributed by atoms with Crippen molar-refractivity contribution in [2.45, 2.75) is 13.3 Å². The molecule has 0 aliphatic carbocycles. The number of hydrogen-bond donors (Lipinski definition) is 1. The van der Waals surface area contributed by atoms with Crippen LogP contribution in [0.4, 0.5) is 5.69 Å². The first-order chi connectivity index (χ1) is 9.02. The van der Waals surface area contributed by atoms with Crippen LogP contribution in [0.25, 0.3) is 0 Å². The molecule has 1 aliphatic heterocycles. The minimum atomic E-state index is -0.147. The first-order valence-corrected chi connectivity index (χ1v) is 6.67. The van der Waals surface area contributed by atoms with Crippen molar-refractivity contribution in [2.75, 3.05) is 25.1 Å². The molecule has 0 radical (unpaired) electrons. The van der Waals surface area contributed by atoms with Gasteiger partial charge in [-0.05, 0) is 25.5 Å². The fourth-order valence-electron chi connectivity index (χ4n) is 2.46. The molecular formula is C14H18N2O2S. The molecule has 0 spiro atoms. The summed E-state index contributed by atoms with van der Waals surface area (Å²) in [4.78, 5) is 14.1. The lowest BCUT2D eigenvalue weighted by atomic mass is 10.1. The molecule has 1 aliphatic rings. The first kappa shape index (κ1) is 13.8. The first-order valence-electron chi connectivity index (χ1n) is 6.26. The predicted molar refractivity (Wildman–Crippen MR) is 79.4 cm³/mol. The van der Waals surface area contributed by atoms with Crippen LogP contribution in [-0.2, 0) is 9.53 Å². The van der Waals surface area contributed by atoms with Gasteiger partial charge >= 0.3 is 5.97 Å². The molecule has 0 amide bonds. The normalized spacial score (nSPS) is 18.4. The van der Waals surface area contributed by atoms with Crippen molar-refractivity contribution < 1.29 is 9.53 Å². The number of rotatable bonds is 3. The number of hydrogen-bond acceptors (Lipinski definition) is 4. The van der Waals surface area contributed by atoms with Gasteiger partial charge in [-0.1, -0.05) is 23.8 Å². The maximum absolute atomic E-state index is 11.6. The molecule has 2 rings (SSSR count). The van der Waals surface area contributed by atoms with E-state index in [2.05, 4.69) is 4.90 Å². The lowest BCUT2D eigenvalue weighted by Gasteiger charge is -2.22. The third-order valence-corrected chi connectivity index (χ3v) is 3.70. The summed E-state index contributed by atoms with van der Waals surface area (Å²) in [6.45, 7) is 3.48. The van der Waals surface area contributed by atoms with Crippen molar-refractivity contribution in [3.05, 3.63) is 29.3 Å². The number of carbonyl (C=O) groups is 1. The van der Waals surface area contributed by atoms with Crippen LogP contribution in [0, 0.1) is 12.8 Å². The van der Waals surface area contributed by atoms with Crippen LogP contribution in [0.5, 0.6) is 0 Å². The van der Waals surface area contributed by atoms with Gasteiger partial charge < -0.3 is 15.4 Å². The van der Waals surface area contributed by atoms with Crippen molar-refractivity contribution >= 4 is 28.9 Å². The van der Waals surface area contributed by atoms with Gasteiger partial charge in [0.05, 0.1) is 13.0 Å². The number of anilines is 1. The number of benzene rings is 1. The van der Waals surface area contributed by atoms with Crippen molar-refractivity contribution in [1.29, 1.82) is 0 Å². The van der Waals surface area contributed by atoms with Crippen LogP contribution in [-0.4, -0.2) is 31.2 Å². The van der Waals surface area contributed by atoms with Crippen LogP contribution in [0.3, 0.4) is 0 Å². The second-order valence-electron chi connectivity index (χ2n) is 4.84. The summed E-state index contributed by atoms with van der Waals surface area (Å²) in [6.07, 6.45) is 0.803. The average molecular weight is 278 g/mol. The summed E-state index contributed by atoms with van der Waals surface area (Å²) < 4.78 is 4.80. The van der Waals surface area contributed by atoms with Crippen molar-refractivity contribution in [1.82, 2.24) is 0 Å². The fraction of sp³-hybridized carbons (Fsp3) is 0.429. The molecular weight excluding hydrogens is 260 g/mol.